The molecule has 2 amide bonds. The molecule has 8 nitrogen and oxygen atoms in total. The molecule has 3 rings (SSSR count). The first-order chi connectivity index (χ1) is 9.15. The van der Waals surface area contributed by atoms with Crippen molar-refractivity contribution < 1.29 is 9.59 Å². The number of hydrogen-bond acceptors (Lipinski definition) is 4. The molecule has 0 radical (unpaired) electrons. The van der Waals surface area contributed by atoms with Crippen LogP contribution in [-0.2, 0) is 17.9 Å². The summed E-state index contributed by atoms with van der Waals surface area (Å²) in [5.74, 6) is -0.620. The van der Waals surface area contributed by atoms with Gasteiger partial charge in [-0.2, -0.15) is 10.2 Å². The average Bonchev–Trinajstić information content (AvgIpc) is 2.95. The van der Waals surface area contributed by atoms with Crippen molar-refractivity contribution in [1.29, 1.82) is 0 Å². The molecular weight excluding hydrogens is 248 g/mol. The van der Waals surface area contributed by atoms with Gasteiger partial charge in [0.25, 0.3) is 5.91 Å². The fourth-order valence-electron chi connectivity index (χ4n) is 2.11. The fourth-order valence-corrected chi connectivity index (χ4v) is 2.11. The lowest BCUT2D eigenvalue weighted by Crippen LogP contribution is -2.35. The molecule has 0 atom stereocenters. The first-order valence-electron chi connectivity index (χ1n) is 5.80. The second-order valence-corrected chi connectivity index (χ2v) is 4.28. The molecule has 2 aromatic heterocycles. The Morgan fingerprint density at radius 2 is 2.26 bits per heavy atom. The van der Waals surface area contributed by atoms with Gasteiger partial charge in [0.1, 0.15) is 12.2 Å². The Morgan fingerprint density at radius 1 is 1.42 bits per heavy atom. The van der Waals surface area contributed by atoms with Gasteiger partial charge in [-0.05, 0) is 0 Å². The molecule has 1 aliphatic heterocycles. The van der Waals surface area contributed by atoms with E-state index in [1.54, 1.807) is 23.3 Å². The van der Waals surface area contributed by atoms with Gasteiger partial charge in [0, 0.05) is 23.9 Å². The Balaban J connectivity index is 1.98. The predicted molar refractivity (Wildman–Crippen MR) is 65.0 cm³/mol. The zero-order valence-corrected chi connectivity index (χ0v) is 10.0. The zero-order valence-electron chi connectivity index (χ0n) is 10.0. The number of hydrogen-bond donors (Lipinski definition) is 2. The minimum Gasteiger partial charge on any atom is -0.368 e. The molecule has 0 saturated carbocycles. The van der Waals surface area contributed by atoms with E-state index < -0.39 is 5.91 Å². The average molecular weight is 260 g/mol. The third kappa shape index (κ3) is 1.96. The number of aromatic nitrogens is 4. The first-order valence-corrected chi connectivity index (χ1v) is 5.80. The summed E-state index contributed by atoms with van der Waals surface area (Å²) in [4.78, 5) is 22.7. The Hall–Kier alpha value is -2.64. The second kappa shape index (κ2) is 4.23. The van der Waals surface area contributed by atoms with Gasteiger partial charge in [0.15, 0.2) is 0 Å². The maximum absolute atomic E-state index is 11.9. The molecule has 3 N–H and O–H groups in total. The Kier molecular flexibility index (Phi) is 2.55. The summed E-state index contributed by atoms with van der Waals surface area (Å²) >= 11 is 0. The van der Waals surface area contributed by atoms with E-state index >= 15 is 0 Å². The van der Waals surface area contributed by atoms with E-state index in [-0.39, 0.29) is 12.5 Å². The summed E-state index contributed by atoms with van der Waals surface area (Å²) in [5.41, 5.74) is 7.06. The minimum atomic E-state index is -0.468. The lowest BCUT2D eigenvalue weighted by molar-refractivity contribution is -0.118. The van der Waals surface area contributed by atoms with Crippen LogP contribution in [0.25, 0.3) is 11.1 Å². The van der Waals surface area contributed by atoms with E-state index in [9.17, 15) is 9.59 Å². The lowest BCUT2D eigenvalue weighted by Gasteiger charge is -2.14. The highest BCUT2D eigenvalue weighted by molar-refractivity contribution is 5.99. The van der Waals surface area contributed by atoms with Crippen molar-refractivity contribution in [1.82, 2.24) is 24.9 Å². The van der Waals surface area contributed by atoms with Gasteiger partial charge in [0.05, 0.1) is 18.9 Å². The van der Waals surface area contributed by atoms with E-state index in [1.807, 2.05) is 0 Å². The third-order valence-electron chi connectivity index (χ3n) is 2.93. The van der Waals surface area contributed by atoms with Gasteiger partial charge in [-0.15, -0.1) is 0 Å². The molecule has 8 heteroatoms. The van der Waals surface area contributed by atoms with Crippen LogP contribution in [0.2, 0.25) is 0 Å². The monoisotopic (exact) mass is 260 g/mol. The second-order valence-electron chi connectivity index (χ2n) is 4.28. The summed E-state index contributed by atoms with van der Waals surface area (Å²) in [5, 5.41) is 11.0. The van der Waals surface area contributed by atoms with Crippen molar-refractivity contribution in [3.8, 4) is 11.1 Å². The number of carbonyl (C=O) groups excluding carboxylic acids is 2. The molecule has 3 heterocycles. The van der Waals surface area contributed by atoms with Crippen LogP contribution in [0.3, 0.4) is 0 Å². The lowest BCUT2D eigenvalue weighted by atomic mass is 10.1. The molecule has 0 saturated heterocycles. The normalized spacial score (nSPS) is 14.0. The molecule has 19 heavy (non-hydrogen) atoms. The highest BCUT2D eigenvalue weighted by Gasteiger charge is 2.23. The standard InChI is InChI=1S/C11H12N6O2/c12-9(18)6-16-5-7(3-14-16)8-4-15-17-2-1-13-11(19)10(8)17/h3-5H,1-2,6H2,(H2,12,18)(H,13,19). The third-order valence-corrected chi connectivity index (χ3v) is 2.93. The van der Waals surface area contributed by atoms with Crippen molar-refractivity contribution in [3.05, 3.63) is 24.3 Å². The smallest absolute Gasteiger partial charge is 0.270 e. The van der Waals surface area contributed by atoms with Crippen molar-refractivity contribution in [3.63, 3.8) is 0 Å². The largest absolute Gasteiger partial charge is 0.368 e. The van der Waals surface area contributed by atoms with Crippen LogP contribution >= 0.6 is 0 Å². The topological polar surface area (TPSA) is 108 Å². The van der Waals surface area contributed by atoms with E-state index in [4.69, 9.17) is 5.73 Å². The van der Waals surface area contributed by atoms with E-state index in [2.05, 4.69) is 15.5 Å². The van der Waals surface area contributed by atoms with Gasteiger partial charge >= 0.3 is 0 Å². The molecule has 1 aliphatic rings. The summed E-state index contributed by atoms with van der Waals surface area (Å²) in [6, 6.07) is 0. The highest BCUT2D eigenvalue weighted by Crippen LogP contribution is 2.24. The van der Waals surface area contributed by atoms with Crippen LogP contribution in [0.4, 0.5) is 0 Å². The number of nitrogens with two attached hydrogens (primary N) is 1. The van der Waals surface area contributed by atoms with Crippen LogP contribution in [0, 0.1) is 0 Å². The summed E-state index contributed by atoms with van der Waals surface area (Å²) in [6.45, 7) is 1.24. The molecule has 98 valence electrons. The van der Waals surface area contributed by atoms with E-state index in [0.717, 1.165) is 5.56 Å². The number of rotatable bonds is 3. The van der Waals surface area contributed by atoms with Crippen LogP contribution < -0.4 is 11.1 Å². The van der Waals surface area contributed by atoms with Gasteiger partial charge in [-0.1, -0.05) is 0 Å². The molecule has 2 aromatic rings. The molecule has 0 spiro atoms. The van der Waals surface area contributed by atoms with Gasteiger partial charge in [-0.3, -0.25) is 19.0 Å². The molecule has 0 fully saturated rings. The number of nitrogens with one attached hydrogen (secondary N) is 1. The maximum Gasteiger partial charge on any atom is 0.270 e. The Morgan fingerprint density at radius 3 is 3.05 bits per heavy atom. The van der Waals surface area contributed by atoms with E-state index in [1.165, 1.54) is 4.68 Å². The number of nitrogens with zero attached hydrogens (tertiary/aromatic N) is 4. The molecule has 0 unspecified atom stereocenters. The first kappa shape index (κ1) is 11.5. The summed E-state index contributed by atoms with van der Waals surface area (Å²) in [7, 11) is 0. The molecular formula is C11H12N6O2. The SMILES string of the molecule is NC(=O)Cn1cc(-c2cnn3c2C(=O)NCC3)cn1. The van der Waals surface area contributed by atoms with Crippen molar-refractivity contribution >= 4 is 11.8 Å². The quantitative estimate of drug-likeness (QED) is 0.736. The Labute approximate surface area is 108 Å². The van der Waals surface area contributed by atoms with Crippen molar-refractivity contribution in [2.45, 2.75) is 13.1 Å². The van der Waals surface area contributed by atoms with Crippen molar-refractivity contribution in [2.24, 2.45) is 5.73 Å². The number of amides is 2. The predicted octanol–water partition coefficient (Wildman–Crippen LogP) is -1.02. The highest BCUT2D eigenvalue weighted by atomic mass is 16.2. The van der Waals surface area contributed by atoms with E-state index in [0.29, 0.717) is 24.3 Å². The number of fused-ring (bicyclic) bond motifs is 1. The van der Waals surface area contributed by atoms with Crippen molar-refractivity contribution in [2.75, 3.05) is 6.54 Å². The molecule has 0 aromatic carbocycles. The van der Waals surface area contributed by atoms with Crippen LogP contribution in [0.15, 0.2) is 18.6 Å². The van der Waals surface area contributed by atoms with Crippen LogP contribution in [0.1, 0.15) is 10.5 Å². The summed E-state index contributed by atoms with van der Waals surface area (Å²) < 4.78 is 3.10. The number of carbonyl (C=O) groups is 2. The van der Waals surface area contributed by atoms with Crippen LogP contribution in [0.5, 0.6) is 0 Å². The van der Waals surface area contributed by atoms with Gasteiger partial charge in [-0.25, -0.2) is 0 Å². The molecule has 0 bridgehead atoms. The summed E-state index contributed by atoms with van der Waals surface area (Å²) in [6.07, 6.45) is 4.89. The Bertz CT molecular complexity index is 656. The maximum atomic E-state index is 11.9. The van der Waals surface area contributed by atoms with Gasteiger partial charge in [0.2, 0.25) is 5.91 Å². The zero-order chi connectivity index (χ0) is 13.4. The fraction of sp³-hybridized carbons (Fsp3) is 0.273. The number of primary amides is 1. The van der Waals surface area contributed by atoms with Crippen LogP contribution in [-0.4, -0.2) is 37.9 Å². The van der Waals surface area contributed by atoms with Gasteiger partial charge < -0.3 is 11.1 Å². The molecule has 0 aliphatic carbocycles. The minimum absolute atomic E-state index is 0.00959.